The van der Waals surface area contributed by atoms with E-state index in [9.17, 15) is 4.79 Å². The predicted octanol–water partition coefficient (Wildman–Crippen LogP) is 3.25. The van der Waals surface area contributed by atoms with Crippen LogP contribution >= 0.6 is 0 Å². The molecular weight excluding hydrogens is 254 g/mol. The Bertz CT molecular complexity index is 445. The monoisotopic (exact) mass is 275 g/mol. The van der Waals surface area contributed by atoms with Crippen LogP contribution in [-0.2, 0) is 14.3 Å². The molecule has 1 aliphatic carbocycles. The predicted molar refractivity (Wildman–Crippen MR) is 76.3 cm³/mol. The quantitative estimate of drug-likeness (QED) is 0.921. The zero-order valence-electron chi connectivity index (χ0n) is 11.6. The van der Waals surface area contributed by atoms with E-state index in [1.807, 2.05) is 24.3 Å². The van der Waals surface area contributed by atoms with Crippen molar-refractivity contribution in [3.05, 3.63) is 29.8 Å². The molecule has 0 radical (unpaired) electrons. The second-order valence-corrected chi connectivity index (χ2v) is 5.52. The van der Waals surface area contributed by atoms with Gasteiger partial charge >= 0.3 is 0 Å². The Morgan fingerprint density at radius 1 is 1.00 bits per heavy atom. The number of hydrogen-bond acceptors (Lipinski definition) is 3. The molecule has 20 heavy (non-hydrogen) atoms. The van der Waals surface area contributed by atoms with Crippen molar-refractivity contribution in [3.8, 4) is 0 Å². The van der Waals surface area contributed by atoms with Crippen LogP contribution in [0.5, 0.6) is 0 Å². The third-order valence-corrected chi connectivity index (χ3v) is 4.05. The summed E-state index contributed by atoms with van der Waals surface area (Å²) in [6.45, 7) is 1.29. The summed E-state index contributed by atoms with van der Waals surface area (Å²) in [6, 6.07) is 7.74. The zero-order valence-corrected chi connectivity index (χ0v) is 11.6. The summed E-state index contributed by atoms with van der Waals surface area (Å²) < 4.78 is 10.9. The van der Waals surface area contributed by atoms with E-state index >= 15 is 0 Å². The highest BCUT2D eigenvalue weighted by Gasteiger charge is 2.21. The molecule has 3 rings (SSSR count). The number of ether oxygens (including phenoxy) is 2. The highest BCUT2D eigenvalue weighted by Crippen LogP contribution is 2.26. The molecule has 4 nitrogen and oxygen atoms in total. The normalized spacial score (nSPS) is 21.0. The van der Waals surface area contributed by atoms with Crippen LogP contribution in [0.3, 0.4) is 0 Å². The van der Waals surface area contributed by atoms with Gasteiger partial charge in [0.2, 0.25) is 5.91 Å². The van der Waals surface area contributed by atoms with Gasteiger partial charge in [-0.2, -0.15) is 0 Å². The number of anilines is 1. The smallest absolute Gasteiger partial charge is 0.227 e. The van der Waals surface area contributed by atoms with Crippen LogP contribution in [-0.4, -0.2) is 19.1 Å². The van der Waals surface area contributed by atoms with Crippen molar-refractivity contribution in [2.24, 2.45) is 5.92 Å². The fraction of sp³-hybridized carbons (Fsp3) is 0.562. The lowest BCUT2D eigenvalue weighted by atomic mass is 9.88. The lowest BCUT2D eigenvalue weighted by Crippen LogP contribution is -2.24. The summed E-state index contributed by atoms with van der Waals surface area (Å²) in [4.78, 5) is 12.1. The molecule has 1 aromatic rings. The van der Waals surface area contributed by atoms with Crippen LogP contribution in [0.1, 0.15) is 44.0 Å². The Morgan fingerprint density at radius 3 is 2.30 bits per heavy atom. The van der Waals surface area contributed by atoms with Gasteiger partial charge in [0.05, 0.1) is 13.2 Å². The Labute approximate surface area is 119 Å². The minimum atomic E-state index is -0.252. The van der Waals surface area contributed by atoms with Crippen molar-refractivity contribution in [2.45, 2.75) is 38.4 Å². The van der Waals surface area contributed by atoms with Gasteiger partial charge in [-0.25, -0.2) is 0 Å². The fourth-order valence-electron chi connectivity index (χ4n) is 2.88. The summed E-state index contributed by atoms with van der Waals surface area (Å²) in [5.74, 6) is 0.343. The highest BCUT2D eigenvalue weighted by molar-refractivity contribution is 5.92. The fourth-order valence-corrected chi connectivity index (χ4v) is 2.88. The van der Waals surface area contributed by atoms with Gasteiger partial charge in [0, 0.05) is 17.2 Å². The van der Waals surface area contributed by atoms with Crippen LogP contribution in [0, 0.1) is 5.92 Å². The molecule has 1 saturated heterocycles. The third kappa shape index (κ3) is 3.19. The van der Waals surface area contributed by atoms with Gasteiger partial charge in [0.15, 0.2) is 6.29 Å². The second kappa shape index (κ2) is 6.37. The van der Waals surface area contributed by atoms with E-state index in [1.54, 1.807) is 0 Å². The molecule has 1 aromatic carbocycles. The number of benzene rings is 1. The molecule has 0 aromatic heterocycles. The molecule has 1 heterocycles. The molecule has 2 aliphatic rings. The number of nitrogens with one attached hydrogen (secondary N) is 1. The maximum atomic E-state index is 12.1. The average molecular weight is 275 g/mol. The number of amides is 1. The molecule has 4 heteroatoms. The molecule has 1 saturated carbocycles. The van der Waals surface area contributed by atoms with E-state index in [4.69, 9.17) is 9.47 Å². The molecule has 0 atom stereocenters. The van der Waals surface area contributed by atoms with Crippen molar-refractivity contribution in [1.82, 2.24) is 0 Å². The molecule has 0 unspecified atom stereocenters. The zero-order chi connectivity index (χ0) is 13.8. The topological polar surface area (TPSA) is 47.6 Å². The van der Waals surface area contributed by atoms with Crippen molar-refractivity contribution >= 4 is 11.6 Å². The SMILES string of the molecule is O=C(Nc1ccc(C2OCCO2)cc1)C1CCCCC1. The Hall–Kier alpha value is -1.39. The van der Waals surface area contributed by atoms with E-state index in [0.717, 1.165) is 24.1 Å². The van der Waals surface area contributed by atoms with Gasteiger partial charge in [-0.15, -0.1) is 0 Å². The van der Waals surface area contributed by atoms with Crippen LogP contribution < -0.4 is 5.32 Å². The summed E-state index contributed by atoms with van der Waals surface area (Å²) in [6.07, 6.45) is 5.40. The Kier molecular flexibility index (Phi) is 4.33. The minimum absolute atomic E-state index is 0.158. The van der Waals surface area contributed by atoms with Crippen LogP contribution in [0.2, 0.25) is 0 Å². The maximum absolute atomic E-state index is 12.1. The highest BCUT2D eigenvalue weighted by atomic mass is 16.7. The Morgan fingerprint density at radius 2 is 1.65 bits per heavy atom. The summed E-state index contributed by atoms with van der Waals surface area (Å²) in [5, 5.41) is 3.01. The Balaban J connectivity index is 1.58. The first-order valence-corrected chi connectivity index (χ1v) is 7.47. The van der Waals surface area contributed by atoms with E-state index in [1.165, 1.54) is 19.3 Å². The number of rotatable bonds is 3. The third-order valence-electron chi connectivity index (χ3n) is 4.05. The molecule has 1 amide bonds. The minimum Gasteiger partial charge on any atom is -0.346 e. The summed E-state index contributed by atoms with van der Waals surface area (Å²) >= 11 is 0. The van der Waals surface area contributed by atoms with E-state index in [2.05, 4.69) is 5.32 Å². The van der Waals surface area contributed by atoms with Gasteiger partial charge in [-0.3, -0.25) is 4.79 Å². The summed E-state index contributed by atoms with van der Waals surface area (Å²) in [5.41, 5.74) is 1.85. The lowest BCUT2D eigenvalue weighted by molar-refractivity contribution is -0.120. The lowest BCUT2D eigenvalue weighted by Gasteiger charge is -2.20. The van der Waals surface area contributed by atoms with E-state index in [0.29, 0.717) is 13.2 Å². The first-order chi connectivity index (χ1) is 9.83. The first-order valence-electron chi connectivity index (χ1n) is 7.47. The first kappa shape index (κ1) is 13.6. The molecule has 1 N–H and O–H groups in total. The average Bonchev–Trinajstić information content (AvgIpc) is 3.03. The standard InChI is InChI=1S/C16H21NO3/c18-15(12-4-2-1-3-5-12)17-14-8-6-13(7-9-14)16-19-10-11-20-16/h6-9,12,16H,1-5,10-11H2,(H,17,18). The molecular formula is C16H21NO3. The van der Waals surface area contributed by atoms with Gasteiger partial charge in [-0.1, -0.05) is 31.4 Å². The number of hydrogen-bond donors (Lipinski definition) is 1. The number of carbonyl (C=O) groups is 1. The van der Waals surface area contributed by atoms with Gasteiger partial charge in [0.1, 0.15) is 0 Å². The van der Waals surface area contributed by atoms with E-state index in [-0.39, 0.29) is 18.1 Å². The van der Waals surface area contributed by atoms with Crippen molar-refractivity contribution in [3.63, 3.8) is 0 Å². The van der Waals surface area contributed by atoms with Gasteiger partial charge < -0.3 is 14.8 Å². The van der Waals surface area contributed by atoms with Gasteiger partial charge in [-0.05, 0) is 25.0 Å². The maximum Gasteiger partial charge on any atom is 0.227 e. The van der Waals surface area contributed by atoms with Crippen LogP contribution in [0.25, 0.3) is 0 Å². The molecule has 0 spiro atoms. The second-order valence-electron chi connectivity index (χ2n) is 5.52. The van der Waals surface area contributed by atoms with Crippen LogP contribution in [0.15, 0.2) is 24.3 Å². The van der Waals surface area contributed by atoms with E-state index < -0.39 is 0 Å². The van der Waals surface area contributed by atoms with Crippen molar-refractivity contribution in [2.75, 3.05) is 18.5 Å². The molecule has 108 valence electrons. The number of carbonyl (C=O) groups excluding carboxylic acids is 1. The van der Waals surface area contributed by atoms with Gasteiger partial charge in [0.25, 0.3) is 0 Å². The van der Waals surface area contributed by atoms with Crippen molar-refractivity contribution < 1.29 is 14.3 Å². The largest absolute Gasteiger partial charge is 0.346 e. The summed E-state index contributed by atoms with van der Waals surface area (Å²) in [7, 11) is 0. The molecule has 0 bridgehead atoms. The molecule has 1 aliphatic heterocycles. The molecule has 2 fully saturated rings. The van der Waals surface area contributed by atoms with Crippen LogP contribution in [0.4, 0.5) is 5.69 Å². The van der Waals surface area contributed by atoms with Crippen molar-refractivity contribution in [1.29, 1.82) is 0 Å².